The van der Waals surface area contributed by atoms with Crippen LogP contribution < -0.4 is 0 Å². The number of benzene rings is 1. The average Bonchev–Trinajstić information content (AvgIpc) is 3.20. The van der Waals surface area contributed by atoms with Gasteiger partial charge in [-0.25, -0.2) is 13.9 Å². The van der Waals surface area contributed by atoms with Gasteiger partial charge in [0.25, 0.3) is 5.91 Å². The number of hydrogen-bond donors (Lipinski definition) is 1. The first-order valence-corrected chi connectivity index (χ1v) is 7.97. The number of carbonyl (C=O) groups is 2. The normalized spacial score (nSPS) is 20.1. The molecule has 10 heteroatoms. The molecule has 1 aromatic heterocycles. The third kappa shape index (κ3) is 3.38. The summed E-state index contributed by atoms with van der Waals surface area (Å²) >= 11 is 0. The fourth-order valence-electron chi connectivity index (χ4n) is 2.95. The molecule has 1 aromatic carbocycles. The van der Waals surface area contributed by atoms with E-state index in [0.29, 0.717) is 4.68 Å². The highest BCUT2D eigenvalue weighted by Crippen LogP contribution is 2.35. The van der Waals surface area contributed by atoms with E-state index in [1.54, 1.807) is 19.1 Å². The van der Waals surface area contributed by atoms with Crippen LogP contribution in [0.3, 0.4) is 0 Å². The summed E-state index contributed by atoms with van der Waals surface area (Å²) in [6.45, 7) is 0.661. The van der Waals surface area contributed by atoms with Crippen molar-refractivity contribution in [1.82, 2.24) is 14.7 Å². The first-order chi connectivity index (χ1) is 12.5. The number of amides is 1. The largest absolute Gasteiger partial charge is 0.479 e. The molecule has 6 nitrogen and oxygen atoms in total. The van der Waals surface area contributed by atoms with E-state index in [0.717, 1.165) is 16.7 Å². The second-order valence-electron chi connectivity index (χ2n) is 6.40. The Kier molecular flexibility index (Phi) is 4.44. The summed E-state index contributed by atoms with van der Waals surface area (Å²) in [5, 5.41) is 12.6. The van der Waals surface area contributed by atoms with Gasteiger partial charge in [-0.15, -0.1) is 0 Å². The molecule has 1 amide bonds. The molecule has 144 valence electrons. The van der Waals surface area contributed by atoms with Crippen LogP contribution in [-0.2, 0) is 11.0 Å². The molecule has 1 atom stereocenters. The van der Waals surface area contributed by atoms with Crippen molar-refractivity contribution in [2.24, 2.45) is 0 Å². The number of aromatic nitrogens is 2. The number of carboxylic acids is 1. The Morgan fingerprint density at radius 2 is 1.85 bits per heavy atom. The number of hydrogen-bond acceptors (Lipinski definition) is 3. The molecule has 1 N–H and O–H groups in total. The highest BCUT2D eigenvalue weighted by molar-refractivity contribution is 5.96. The fourth-order valence-corrected chi connectivity index (χ4v) is 2.95. The van der Waals surface area contributed by atoms with E-state index in [1.165, 1.54) is 12.1 Å². The summed E-state index contributed by atoms with van der Waals surface area (Å²) in [5.41, 5.74) is -3.76. The van der Waals surface area contributed by atoms with Crippen LogP contribution in [0.15, 0.2) is 30.5 Å². The van der Waals surface area contributed by atoms with Crippen molar-refractivity contribution in [2.75, 3.05) is 13.1 Å². The molecule has 1 saturated heterocycles. The van der Waals surface area contributed by atoms with Crippen molar-refractivity contribution in [3.05, 3.63) is 47.3 Å². The molecule has 0 bridgehead atoms. The lowest BCUT2D eigenvalue weighted by atomic mass is 10.1. The summed E-state index contributed by atoms with van der Waals surface area (Å²) < 4.78 is 55.7. The fraction of sp³-hybridized carbons (Fsp3) is 0.353. The van der Waals surface area contributed by atoms with Crippen molar-refractivity contribution in [3.63, 3.8) is 0 Å². The topological polar surface area (TPSA) is 75.4 Å². The molecule has 0 saturated carbocycles. The number of rotatable bonds is 3. The predicted molar refractivity (Wildman–Crippen MR) is 85.3 cm³/mol. The van der Waals surface area contributed by atoms with Crippen LogP contribution in [0.5, 0.6) is 0 Å². The van der Waals surface area contributed by atoms with E-state index in [-0.39, 0.29) is 12.2 Å². The van der Waals surface area contributed by atoms with Crippen LogP contribution in [0.1, 0.15) is 28.0 Å². The maximum absolute atomic E-state index is 14.2. The van der Waals surface area contributed by atoms with Crippen molar-refractivity contribution < 1.29 is 32.3 Å². The van der Waals surface area contributed by atoms with Gasteiger partial charge in [-0.3, -0.25) is 4.79 Å². The summed E-state index contributed by atoms with van der Waals surface area (Å²) in [6.07, 6.45) is -4.61. The summed E-state index contributed by atoms with van der Waals surface area (Å²) in [7, 11) is 0. The quantitative estimate of drug-likeness (QED) is 0.825. The average molecular weight is 385 g/mol. The lowest BCUT2D eigenvalue weighted by molar-refractivity contribution is -0.149. The van der Waals surface area contributed by atoms with Gasteiger partial charge in [0.15, 0.2) is 5.69 Å². The van der Waals surface area contributed by atoms with Gasteiger partial charge in [0.05, 0.1) is 24.0 Å². The van der Waals surface area contributed by atoms with Crippen molar-refractivity contribution in [3.8, 4) is 5.69 Å². The summed E-state index contributed by atoms with van der Waals surface area (Å²) in [5.74, 6) is -2.86. The summed E-state index contributed by atoms with van der Waals surface area (Å²) in [6, 6.07) is 6.06. The maximum Gasteiger partial charge on any atom is 0.434 e. The van der Waals surface area contributed by atoms with Crippen LogP contribution >= 0.6 is 0 Å². The van der Waals surface area contributed by atoms with E-state index >= 15 is 0 Å². The highest BCUT2D eigenvalue weighted by atomic mass is 19.4. The third-order valence-corrected chi connectivity index (χ3v) is 4.44. The zero-order chi connectivity index (χ0) is 20.0. The van der Waals surface area contributed by atoms with Crippen LogP contribution in [0, 0.1) is 6.92 Å². The Labute approximate surface area is 151 Å². The number of likely N-dealkylation sites (tertiary alicyclic amines) is 1. The van der Waals surface area contributed by atoms with Gasteiger partial charge in [-0.05, 0) is 19.1 Å². The van der Waals surface area contributed by atoms with E-state index in [1.807, 2.05) is 0 Å². The molecular weight excluding hydrogens is 370 g/mol. The van der Waals surface area contributed by atoms with Gasteiger partial charge < -0.3 is 10.0 Å². The predicted octanol–water partition coefficient (Wildman–Crippen LogP) is 2.84. The van der Waals surface area contributed by atoms with Crippen molar-refractivity contribution >= 4 is 11.9 Å². The van der Waals surface area contributed by atoms with Crippen molar-refractivity contribution in [2.45, 2.75) is 25.2 Å². The van der Waals surface area contributed by atoms with Gasteiger partial charge in [-0.1, -0.05) is 17.7 Å². The molecule has 27 heavy (non-hydrogen) atoms. The molecule has 1 unspecified atom stereocenters. The van der Waals surface area contributed by atoms with E-state index in [4.69, 9.17) is 5.11 Å². The molecule has 2 heterocycles. The Bertz CT molecular complexity index is 892. The number of nitrogens with zero attached hydrogens (tertiary/aromatic N) is 3. The molecular formula is C17H15F4N3O3. The number of carbonyl (C=O) groups excluding carboxylic acids is 1. The van der Waals surface area contributed by atoms with E-state index < -0.39 is 47.9 Å². The van der Waals surface area contributed by atoms with Crippen LogP contribution in [-0.4, -0.2) is 50.4 Å². The molecule has 0 radical (unpaired) electrons. The van der Waals surface area contributed by atoms with Crippen LogP contribution in [0.4, 0.5) is 17.6 Å². The number of aliphatic carboxylic acids is 1. The minimum Gasteiger partial charge on any atom is -0.479 e. The number of halogens is 4. The first kappa shape index (κ1) is 18.9. The molecule has 1 aliphatic heterocycles. The van der Waals surface area contributed by atoms with Crippen molar-refractivity contribution in [1.29, 1.82) is 0 Å². The molecule has 0 spiro atoms. The number of aryl methyl sites for hydroxylation is 1. The minimum absolute atomic E-state index is 0.110. The Morgan fingerprint density at radius 3 is 2.37 bits per heavy atom. The lowest BCUT2D eigenvalue weighted by Gasteiger charge is -2.19. The Balaban J connectivity index is 2.00. The van der Waals surface area contributed by atoms with Crippen LogP contribution in [0.2, 0.25) is 0 Å². The minimum atomic E-state index is -4.90. The molecule has 1 fully saturated rings. The number of alkyl halides is 4. The van der Waals surface area contributed by atoms with Gasteiger partial charge in [0.2, 0.25) is 5.67 Å². The Morgan fingerprint density at radius 1 is 1.22 bits per heavy atom. The third-order valence-electron chi connectivity index (χ3n) is 4.44. The highest BCUT2D eigenvalue weighted by Gasteiger charge is 2.49. The maximum atomic E-state index is 14.2. The molecule has 2 aromatic rings. The lowest BCUT2D eigenvalue weighted by Crippen LogP contribution is -2.39. The zero-order valence-corrected chi connectivity index (χ0v) is 14.1. The monoisotopic (exact) mass is 385 g/mol. The smallest absolute Gasteiger partial charge is 0.434 e. The summed E-state index contributed by atoms with van der Waals surface area (Å²) in [4.78, 5) is 24.3. The van der Waals surface area contributed by atoms with Gasteiger partial charge >= 0.3 is 12.1 Å². The Hall–Kier alpha value is -2.91. The standard InChI is InChI=1S/C17H15F4N3O3/c1-10-2-4-11(5-3-10)24-13(17(19,20)21)12(8-22-24)14(25)23-7-6-16(18,9-23)15(26)27/h2-5,8H,6-7,9H2,1H3,(H,26,27). The van der Waals surface area contributed by atoms with Crippen LogP contribution in [0.25, 0.3) is 5.69 Å². The van der Waals surface area contributed by atoms with E-state index in [9.17, 15) is 27.2 Å². The molecule has 1 aliphatic rings. The second kappa shape index (κ2) is 6.36. The van der Waals surface area contributed by atoms with Gasteiger partial charge in [0.1, 0.15) is 0 Å². The number of carboxylic acid groups (broad SMARTS) is 1. The molecule has 0 aliphatic carbocycles. The van der Waals surface area contributed by atoms with Gasteiger partial charge in [-0.2, -0.15) is 18.3 Å². The van der Waals surface area contributed by atoms with E-state index in [2.05, 4.69) is 5.10 Å². The van der Waals surface area contributed by atoms with Gasteiger partial charge in [0, 0.05) is 13.0 Å². The second-order valence-corrected chi connectivity index (χ2v) is 6.40. The first-order valence-electron chi connectivity index (χ1n) is 7.97. The SMILES string of the molecule is Cc1ccc(-n2ncc(C(=O)N3CCC(F)(C(=O)O)C3)c2C(F)(F)F)cc1. The zero-order valence-electron chi connectivity index (χ0n) is 14.1. The molecule has 3 rings (SSSR count).